The van der Waals surface area contributed by atoms with Crippen molar-refractivity contribution in [3.8, 4) is 0 Å². The van der Waals surface area contributed by atoms with Crippen LogP contribution in [0.2, 0.25) is 5.02 Å². The van der Waals surface area contributed by atoms with Gasteiger partial charge in [0.05, 0.1) is 10.7 Å². The third kappa shape index (κ3) is 2.93. The van der Waals surface area contributed by atoms with Crippen molar-refractivity contribution in [1.29, 1.82) is 0 Å². The third-order valence-corrected chi connectivity index (χ3v) is 3.52. The Kier molecular flexibility index (Phi) is 3.83. The highest BCUT2D eigenvalue weighted by Crippen LogP contribution is 2.25. The van der Waals surface area contributed by atoms with Gasteiger partial charge < -0.3 is 0 Å². The molecule has 2 aromatic rings. The number of amides is 2. The Bertz CT molecular complexity index is 834. The largest absolute Gasteiger partial charge is 0.282 e. The minimum Gasteiger partial charge on any atom is -0.267 e. The van der Waals surface area contributed by atoms with Crippen molar-refractivity contribution in [2.45, 2.75) is 0 Å². The number of carbonyl (C=O) groups excluding carboxylic acids is 2. The van der Waals surface area contributed by atoms with Crippen LogP contribution in [0, 0.1) is 11.6 Å². The standard InChI is InChI=1S/C16H9ClF2N2O2/c17-13-8-11(5-6-14(13)19)21-16(23)12(15(22)20-21)7-9-1-3-10(18)4-2-9/h1-8H,(H,20,22)/b12-7+. The Labute approximate surface area is 134 Å². The molecule has 1 aliphatic heterocycles. The quantitative estimate of drug-likeness (QED) is 0.678. The van der Waals surface area contributed by atoms with Crippen LogP contribution in [0.3, 0.4) is 0 Å². The summed E-state index contributed by atoms with van der Waals surface area (Å²) in [6, 6.07) is 8.98. The summed E-state index contributed by atoms with van der Waals surface area (Å²) in [7, 11) is 0. The van der Waals surface area contributed by atoms with E-state index in [1.54, 1.807) is 0 Å². The molecule has 1 aliphatic rings. The maximum absolute atomic E-state index is 13.2. The molecule has 1 N–H and O–H groups in total. The zero-order chi connectivity index (χ0) is 16.6. The molecule has 116 valence electrons. The summed E-state index contributed by atoms with van der Waals surface area (Å²) in [6.45, 7) is 0. The van der Waals surface area contributed by atoms with E-state index in [9.17, 15) is 18.4 Å². The molecule has 0 bridgehead atoms. The molecule has 0 aromatic heterocycles. The molecule has 1 saturated heterocycles. The number of rotatable bonds is 2. The molecule has 2 aromatic carbocycles. The lowest BCUT2D eigenvalue weighted by Gasteiger charge is -2.14. The van der Waals surface area contributed by atoms with E-state index in [0.717, 1.165) is 11.1 Å². The van der Waals surface area contributed by atoms with Crippen LogP contribution in [0.25, 0.3) is 6.08 Å². The Morgan fingerprint density at radius 3 is 2.39 bits per heavy atom. The van der Waals surface area contributed by atoms with Crippen LogP contribution in [0.5, 0.6) is 0 Å². The molecule has 0 unspecified atom stereocenters. The minimum absolute atomic E-state index is 0.114. The minimum atomic E-state index is -0.629. The van der Waals surface area contributed by atoms with Gasteiger partial charge in [-0.25, -0.2) is 13.8 Å². The first kappa shape index (κ1) is 15.2. The van der Waals surface area contributed by atoms with E-state index in [4.69, 9.17) is 11.6 Å². The van der Waals surface area contributed by atoms with Gasteiger partial charge in [0.2, 0.25) is 0 Å². The monoisotopic (exact) mass is 334 g/mol. The van der Waals surface area contributed by atoms with Gasteiger partial charge in [0.1, 0.15) is 17.2 Å². The zero-order valence-corrected chi connectivity index (χ0v) is 12.3. The molecule has 0 saturated carbocycles. The number of halogens is 3. The molecule has 7 heteroatoms. The molecule has 1 fully saturated rings. The van der Waals surface area contributed by atoms with Gasteiger partial charge in [0.15, 0.2) is 0 Å². The van der Waals surface area contributed by atoms with Gasteiger partial charge in [-0.05, 0) is 42.0 Å². The second-order valence-electron chi connectivity index (χ2n) is 4.79. The SMILES string of the molecule is O=C1NN(c2ccc(F)c(Cl)c2)C(=O)/C1=C/c1ccc(F)cc1. The van der Waals surface area contributed by atoms with Gasteiger partial charge in [0.25, 0.3) is 11.8 Å². The molecule has 23 heavy (non-hydrogen) atoms. The molecule has 0 atom stereocenters. The lowest BCUT2D eigenvalue weighted by Crippen LogP contribution is -2.35. The fourth-order valence-electron chi connectivity index (χ4n) is 2.09. The van der Waals surface area contributed by atoms with Gasteiger partial charge in [-0.2, -0.15) is 0 Å². The van der Waals surface area contributed by atoms with Crippen molar-refractivity contribution < 1.29 is 18.4 Å². The molecular weight excluding hydrogens is 326 g/mol. The Hall–Kier alpha value is -2.73. The van der Waals surface area contributed by atoms with Crippen molar-refractivity contribution in [3.05, 3.63) is 70.3 Å². The number of nitrogens with zero attached hydrogens (tertiary/aromatic N) is 1. The number of nitrogens with one attached hydrogen (secondary N) is 1. The predicted octanol–water partition coefficient (Wildman–Crippen LogP) is 3.08. The first-order valence-electron chi connectivity index (χ1n) is 6.53. The second kappa shape index (κ2) is 5.81. The predicted molar refractivity (Wildman–Crippen MR) is 81.4 cm³/mol. The lowest BCUT2D eigenvalue weighted by atomic mass is 10.1. The highest BCUT2D eigenvalue weighted by molar-refractivity contribution is 6.33. The van der Waals surface area contributed by atoms with Crippen LogP contribution in [0.1, 0.15) is 5.56 Å². The average Bonchev–Trinajstić information content (AvgIpc) is 2.80. The number of benzene rings is 2. The number of anilines is 1. The number of carbonyl (C=O) groups is 2. The van der Waals surface area contributed by atoms with Crippen molar-refractivity contribution in [2.75, 3.05) is 5.01 Å². The highest BCUT2D eigenvalue weighted by atomic mass is 35.5. The van der Waals surface area contributed by atoms with Crippen LogP contribution in [0.4, 0.5) is 14.5 Å². The fourth-order valence-corrected chi connectivity index (χ4v) is 2.26. The van der Waals surface area contributed by atoms with E-state index in [1.807, 2.05) is 0 Å². The number of hydrogen-bond donors (Lipinski definition) is 1. The van der Waals surface area contributed by atoms with Gasteiger partial charge in [0, 0.05) is 0 Å². The Morgan fingerprint density at radius 1 is 1.04 bits per heavy atom. The van der Waals surface area contributed by atoms with Gasteiger partial charge in [-0.15, -0.1) is 0 Å². The molecular formula is C16H9ClF2N2O2. The summed E-state index contributed by atoms with van der Waals surface area (Å²) < 4.78 is 26.1. The smallest absolute Gasteiger partial charge is 0.267 e. The van der Waals surface area contributed by atoms with Crippen LogP contribution in [-0.2, 0) is 9.59 Å². The summed E-state index contributed by atoms with van der Waals surface area (Å²) >= 11 is 5.68. The van der Waals surface area contributed by atoms with E-state index in [2.05, 4.69) is 5.43 Å². The third-order valence-electron chi connectivity index (χ3n) is 3.23. The van der Waals surface area contributed by atoms with Gasteiger partial charge in [-0.3, -0.25) is 15.0 Å². The van der Waals surface area contributed by atoms with Gasteiger partial charge in [-0.1, -0.05) is 23.7 Å². The summed E-state index contributed by atoms with van der Waals surface area (Å²) in [6.07, 6.45) is 1.35. The van der Waals surface area contributed by atoms with Gasteiger partial charge >= 0.3 is 0 Å². The highest BCUT2D eigenvalue weighted by Gasteiger charge is 2.34. The first-order chi connectivity index (χ1) is 11.0. The topological polar surface area (TPSA) is 49.4 Å². The molecule has 2 amide bonds. The van der Waals surface area contributed by atoms with Crippen LogP contribution >= 0.6 is 11.6 Å². The van der Waals surface area contributed by atoms with E-state index < -0.39 is 23.4 Å². The van der Waals surface area contributed by atoms with Crippen LogP contribution in [-0.4, -0.2) is 11.8 Å². The van der Waals surface area contributed by atoms with Crippen molar-refractivity contribution >= 4 is 35.2 Å². The Balaban J connectivity index is 1.93. The normalized spacial score (nSPS) is 16.1. The lowest BCUT2D eigenvalue weighted by molar-refractivity contribution is -0.117. The Morgan fingerprint density at radius 2 is 1.74 bits per heavy atom. The zero-order valence-electron chi connectivity index (χ0n) is 11.5. The maximum atomic E-state index is 13.2. The summed E-state index contributed by atoms with van der Waals surface area (Å²) in [4.78, 5) is 24.3. The molecule has 3 rings (SSSR count). The summed E-state index contributed by atoms with van der Waals surface area (Å²) in [5, 5.41) is 0.809. The van der Waals surface area contributed by atoms with E-state index in [0.29, 0.717) is 5.56 Å². The number of hydrazine groups is 1. The first-order valence-corrected chi connectivity index (χ1v) is 6.91. The van der Waals surface area contributed by atoms with E-state index in [1.165, 1.54) is 42.5 Å². The van der Waals surface area contributed by atoms with Crippen LogP contribution < -0.4 is 10.4 Å². The van der Waals surface area contributed by atoms with Crippen molar-refractivity contribution in [1.82, 2.24) is 5.43 Å². The fraction of sp³-hybridized carbons (Fsp3) is 0. The summed E-state index contributed by atoms with van der Waals surface area (Å²) in [5.74, 6) is -2.27. The molecule has 0 radical (unpaired) electrons. The van der Waals surface area contributed by atoms with Crippen molar-refractivity contribution in [2.24, 2.45) is 0 Å². The molecule has 0 spiro atoms. The molecule has 4 nitrogen and oxygen atoms in total. The van der Waals surface area contributed by atoms with E-state index >= 15 is 0 Å². The maximum Gasteiger partial charge on any atom is 0.282 e. The molecule has 0 aliphatic carbocycles. The summed E-state index contributed by atoms with van der Waals surface area (Å²) in [5.41, 5.74) is 2.99. The average molecular weight is 335 g/mol. The van der Waals surface area contributed by atoms with Crippen LogP contribution in [0.15, 0.2) is 48.0 Å². The van der Waals surface area contributed by atoms with E-state index in [-0.39, 0.29) is 16.3 Å². The van der Waals surface area contributed by atoms with Crippen molar-refractivity contribution in [3.63, 3.8) is 0 Å². The number of hydrogen-bond acceptors (Lipinski definition) is 2. The molecule has 1 heterocycles. The second-order valence-corrected chi connectivity index (χ2v) is 5.20.